The summed E-state index contributed by atoms with van der Waals surface area (Å²) >= 11 is 0. The lowest BCUT2D eigenvalue weighted by molar-refractivity contribution is 0.215. The van der Waals surface area contributed by atoms with Crippen molar-refractivity contribution in [1.82, 2.24) is 9.80 Å². The number of nitrogens with zero attached hydrogens (tertiary/aromatic N) is 2. The molecule has 0 unspecified atom stereocenters. The van der Waals surface area contributed by atoms with Crippen LogP contribution >= 0.6 is 0 Å². The van der Waals surface area contributed by atoms with E-state index in [0.717, 1.165) is 0 Å². The summed E-state index contributed by atoms with van der Waals surface area (Å²) in [5.74, 6) is 0. The summed E-state index contributed by atoms with van der Waals surface area (Å²) in [7, 11) is 0. The zero-order valence-corrected chi connectivity index (χ0v) is 35.3. The van der Waals surface area contributed by atoms with Crippen LogP contribution in [0.25, 0.3) is 0 Å². The molecule has 0 aromatic carbocycles. The lowest BCUT2D eigenvalue weighted by Gasteiger charge is -2.26. The van der Waals surface area contributed by atoms with Crippen molar-refractivity contribution in [1.29, 1.82) is 0 Å². The van der Waals surface area contributed by atoms with Gasteiger partial charge in [-0.25, -0.2) is 0 Å². The van der Waals surface area contributed by atoms with Crippen LogP contribution in [0.3, 0.4) is 0 Å². The Bertz CT molecular complexity index is 470. The van der Waals surface area contributed by atoms with Gasteiger partial charge >= 0.3 is 0 Å². The Labute approximate surface area is 313 Å². The Morgan fingerprint density at radius 2 is 0.306 bits per heavy atom. The van der Waals surface area contributed by atoms with Crippen molar-refractivity contribution in [3.63, 3.8) is 0 Å². The van der Waals surface area contributed by atoms with Crippen LogP contribution in [0.2, 0.25) is 0 Å². The van der Waals surface area contributed by atoms with Gasteiger partial charge in [-0.3, -0.25) is 0 Å². The molecule has 0 atom stereocenters. The molecule has 0 rings (SSSR count). The molecule has 0 saturated heterocycles. The van der Waals surface area contributed by atoms with Crippen LogP contribution in [0.4, 0.5) is 0 Å². The molecule has 0 heterocycles. The molecule has 0 fully saturated rings. The van der Waals surface area contributed by atoms with E-state index in [4.69, 9.17) is 0 Å². The third-order valence-electron chi connectivity index (χ3n) is 11.3. The van der Waals surface area contributed by atoms with Crippen molar-refractivity contribution in [2.24, 2.45) is 0 Å². The second kappa shape index (κ2) is 44.1. The standard InChI is InChI=1S/C47H98N2/c1-5-9-13-17-21-25-29-33-37-42-48(43-38-34-30-26-22-18-14-10-6-2)46-41-47-49(44-39-35-31-27-23-19-15-11-7-3)45-40-36-32-28-24-20-16-12-8-4/h5-47H2,1-4H3. The van der Waals surface area contributed by atoms with E-state index in [0.29, 0.717) is 0 Å². The summed E-state index contributed by atoms with van der Waals surface area (Å²) in [6, 6.07) is 0. The Morgan fingerprint density at radius 1 is 0.163 bits per heavy atom. The summed E-state index contributed by atoms with van der Waals surface area (Å²) in [4.78, 5) is 5.77. The van der Waals surface area contributed by atoms with Crippen molar-refractivity contribution in [2.45, 2.75) is 265 Å². The maximum atomic E-state index is 2.89. The zero-order chi connectivity index (χ0) is 35.6. The van der Waals surface area contributed by atoms with Crippen LogP contribution < -0.4 is 0 Å². The first-order chi connectivity index (χ1) is 24.3. The van der Waals surface area contributed by atoms with Crippen LogP contribution in [-0.4, -0.2) is 49.1 Å². The average Bonchev–Trinajstić information content (AvgIpc) is 3.11. The number of hydrogen-bond acceptors (Lipinski definition) is 2. The van der Waals surface area contributed by atoms with Gasteiger partial charge in [0.05, 0.1) is 0 Å². The van der Waals surface area contributed by atoms with Crippen LogP contribution in [0, 0.1) is 0 Å². The van der Waals surface area contributed by atoms with Crippen LogP contribution in [0.15, 0.2) is 0 Å². The predicted octanol–water partition coefficient (Wildman–Crippen LogP) is 16.1. The first kappa shape index (κ1) is 48.9. The monoisotopic (exact) mass is 691 g/mol. The quantitative estimate of drug-likeness (QED) is 0.0587. The van der Waals surface area contributed by atoms with Crippen molar-refractivity contribution < 1.29 is 0 Å². The summed E-state index contributed by atoms with van der Waals surface area (Å²) in [6.45, 7) is 17.4. The fourth-order valence-corrected chi connectivity index (χ4v) is 7.77. The molecule has 0 radical (unpaired) electrons. The predicted molar refractivity (Wildman–Crippen MR) is 226 cm³/mol. The molecule has 0 saturated carbocycles. The van der Waals surface area contributed by atoms with Gasteiger partial charge in [-0.15, -0.1) is 0 Å². The molecule has 0 aliphatic rings. The molecule has 0 aliphatic heterocycles. The van der Waals surface area contributed by atoms with Gasteiger partial charge in [-0.1, -0.05) is 233 Å². The van der Waals surface area contributed by atoms with E-state index in [1.165, 1.54) is 277 Å². The Balaban J connectivity index is 4.59. The maximum absolute atomic E-state index is 2.89. The molecule has 0 amide bonds. The molecule has 49 heavy (non-hydrogen) atoms. The number of unbranched alkanes of at least 4 members (excludes halogenated alkanes) is 32. The van der Waals surface area contributed by atoms with Gasteiger partial charge in [0.1, 0.15) is 0 Å². The molecule has 2 nitrogen and oxygen atoms in total. The summed E-state index contributed by atoms with van der Waals surface area (Å²) in [6.07, 6.45) is 53.3. The van der Waals surface area contributed by atoms with Gasteiger partial charge in [0.15, 0.2) is 0 Å². The maximum Gasteiger partial charge on any atom is -0.000655 e. The Morgan fingerprint density at radius 3 is 0.490 bits per heavy atom. The van der Waals surface area contributed by atoms with Gasteiger partial charge in [0.25, 0.3) is 0 Å². The second-order valence-corrected chi connectivity index (χ2v) is 16.4. The van der Waals surface area contributed by atoms with Crippen LogP contribution in [-0.2, 0) is 0 Å². The van der Waals surface area contributed by atoms with E-state index < -0.39 is 0 Å². The molecule has 0 bridgehead atoms. The van der Waals surface area contributed by atoms with E-state index in [1.54, 1.807) is 0 Å². The molecule has 0 aromatic heterocycles. The number of hydrogen-bond donors (Lipinski definition) is 0. The second-order valence-electron chi connectivity index (χ2n) is 16.4. The highest BCUT2D eigenvalue weighted by Crippen LogP contribution is 2.15. The van der Waals surface area contributed by atoms with E-state index in [9.17, 15) is 0 Å². The smallest absolute Gasteiger partial charge is 0.000655 e. The van der Waals surface area contributed by atoms with Gasteiger partial charge in [-0.2, -0.15) is 0 Å². The molecule has 0 aliphatic carbocycles. The molecule has 296 valence electrons. The van der Waals surface area contributed by atoms with Crippen molar-refractivity contribution in [2.75, 3.05) is 39.3 Å². The minimum atomic E-state index is 1.33. The largest absolute Gasteiger partial charge is 0.303 e. The van der Waals surface area contributed by atoms with E-state index in [1.807, 2.05) is 0 Å². The third-order valence-corrected chi connectivity index (χ3v) is 11.3. The summed E-state index contributed by atoms with van der Waals surface area (Å²) in [5.41, 5.74) is 0. The van der Waals surface area contributed by atoms with Gasteiger partial charge in [-0.05, 0) is 71.4 Å². The van der Waals surface area contributed by atoms with E-state index >= 15 is 0 Å². The van der Waals surface area contributed by atoms with Crippen molar-refractivity contribution >= 4 is 0 Å². The highest BCUT2D eigenvalue weighted by atomic mass is 15.1. The summed E-state index contributed by atoms with van der Waals surface area (Å²) in [5, 5.41) is 0. The minimum Gasteiger partial charge on any atom is -0.303 e. The lowest BCUT2D eigenvalue weighted by Crippen LogP contribution is -2.32. The fraction of sp³-hybridized carbons (Fsp3) is 1.00. The Hall–Kier alpha value is -0.0800. The SMILES string of the molecule is CCCCCCCCCCCN(CCCCCCCCCCC)CCCN(CCCCCCCCCCC)CCCCCCCCCCC. The summed E-state index contributed by atoms with van der Waals surface area (Å²) < 4.78 is 0. The topological polar surface area (TPSA) is 6.48 Å². The zero-order valence-electron chi connectivity index (χ0n) is 35.3. The molecular formula is C47H98N2. The molecule has 0 aromatic rings. The third kappa shape index (κ3) is 40.5. The van der Waals surface area contributed by atoms with E-state index in [2.05, 4.69) is 37.5 Å². The first-order valence-electron chi connectivity index (χ1n) is 23.7. The highest BCUT2D eigenvalue weighted by molar-refractivity contribution is 4.65. The first-order valence-corrected chi connectivity index (χ1v) is 23.7. The van der Waals surface area contributed by atoms with Crippen molar-refractivity contribution in [3.8, 4) is 0 Å². The van der Waals surface area contributed by atoms with E-state index in [-0.39, 0.29) is 0 Å². The highest BCUT2D eigenvalue weighted by Gasteiger charge is 2.09. The van der Waals surface area contributed by atoms with Crippen LogP contribution in [0.1, 0.15) is 265 Å². The van der Waals surface area contributed by atoms with Gasteiger partial charge < -0.3 is 9.80 Å². The Kier molecular flexibility index (Phi) is 44.0. The molecule has 0 N–H and O–H groups in total. The molecular weight excluding hydrogens is 593 g/mol. The fourth-order valence-electron chi connectivity index (χ4n) is 7.77. The average molecular weight is 691 g/mol. The van der Waals surface area contributed by atoms with Crippen LogP contribution in [0.5, 0.6) is 0 Å². The van der Waals surface area contributed by atoms with Crippen molar-refractivity contribution in [3.05, 3.63) is 0 Å². The molecule has 0 spiro atoms. The van der Waals surface area contributed by atoms with Gasteiger partial charge in [0, 0.05) is 0 Å². The minimum absolute atomic E-state index is 1.33. The number of rotatable bonds is 44. The normalized spacial score (nSPS) is 11.9. The molecule has 2 heteroatoms. The van der Waals surface area contributed by atoms with Gasteiger partial charge in [0.2, 0.25) is 0 Å². The lowest BCUT2D eigenvalue weighted by atomic mass is 10.1.